The van der Waals surface area contributed by atoms with Gasteiger partial charge in [-0.05, 0) is 37.2 Å². The lowest BCUT2D eigenvalue weighted by Crippen LogP contribution is -2.63. The molecule has 0 spiro atoms. The molecule has 1 N–H and O–H groups in total. The summed E-state index contributed by atoms with van der Waals surface area (Å²) in [6.07, 6.45) is 1.33. The van der Waals surface area contributed by atoms with Gasteiger partial charge in [0, 0.05) is 69.9 Å². The van der Waals surface area contributed by atoms with Gasteiger partial charge in [-0.2, -0.15) is 0 Å². The Hall–Kier alpha value is -2.60. The van der Waals surface area contributed by atoms with E-state index in [2.05, 4.69) is 4.90 Å². The molecule has 2 saturated heterocycles. The molecule has 2 aliphatic heterocycles. The largest absolute Gasteiger partial charge is 0.458 e. The van der Waals surface area contributed by atoms with E-state index in [1.54, 1.807) is 6.20 Å². The summed E-state index contributed by atoms with van der Waals surface area (Å²) in [5.41, 5.74) is -0.976. The molecule has 0 bridgehead atoms. The van der Waals surface area contributed by atoms with Gasteiger partial charge in [0.1, 0.15) is 12.2 Å². The molecule has 0 radical (unpaired) electrons. The Kier molecular flexibility index (Phi) is 8.68. The molecular formula is C31H44N2O9. The van der Waals surface area contributed by atoms with E-state index >= 15 is 0 Å². The van der Waals surface area contributed by atoms with E-state index in [4.69, 9.17) is 18.9 Å². The van der Waals surface area contributed by atoms with Gasteiger partial charge < -0.3 is 29.0 Å². The van der Waals surface area contributed by atoms with E-state index < -0.39 is 58.6 Å². The van der Waals surface area contributed by atoms with Crippen molar-refractivity contribution >= 4 is 23.5 Å². The van der Waals surface area contributed by atoms with Crippen LogP contribution in [0.5, 0.6) is 0 Å². The number of hydrogen-bond acceptors (Lipinski definition) is 11. The summed E-state index contributed by atoms with van der Waals surface area (Å²) in [6.45, 7) is 9.73. The highest BCUT2D eigenvalue weighted by atomic mass is 16.6. The van der Waals surface area contributed by atoms with Gasteiger partial charge in [0.25, 0.3) is 0 Å². The van der Waals surface area contributed by atoms with Gasteiger partial charge in [0.15, 0.2) is 0 Å². The van der Waals surface area contributed by atoms with Crippen LogP contribution in [-0.2, 0) is 38.1 Å². The molecule has 5 aliphatic rings. The number of aliphatic hydroxyl groups excluding tert-OH is 1. The number of allylic oxidation sites excluding steroid dienone is 1. The highest BCUT2D eigenvalue weighted by Crippen LogP contribution is 2.63. The second-order valence-electron chi connectivity index (χ2n) is 12.9. The van der Waals surface area contributed by atoms with Crippen molar-refractivity contribution in [3.63, 3.8) is 0 Å². The molecule has 0 amide bonds. The molecule has 11 nitrogen and oxygen atoms in total. The third-order valence-electron chi connectivity index (χ3n) is 10.3. The Bertz CT molecular complexity index is 1190. The third-order valence-corrected chi connectivity index (χ3v) is 10.3. The highest BCUT2D eigenvalue weighted by molar-refractivity contribution is 6.47. The first-order chi connectivity index (χ1) is 19.9. The lowest BCUT2D eigenvalue weighted by molar-refractivity contribution is -0.175. The Labute approximate surface area is 247 Å². The summed E-state index contributed by atoms with van der Waals surface area (Å²) in [6, 6.07) is 0. The maximum absolute atomic E-state index is 14.2. The number of esters is 2. The van der Waals surface area contributed by atoms with Crippen LogP contribution < -0.4 is 0 Å². The van der Waals surface area contributed by atoms with E-state index in [0.717, 1.165) is 39.3 Å². The molecule has 7 atom stereocenters. The minimum atomic E-state index is -1.19. The van der Waals surface area contributed by atoms with E-state index in [0.29, 0.717) is 37.0 Å². The first kappa shape index (κ1) is 30.8. The zero-order valence-corrected chi connectivity index (χ0v) is 25.3. The lowest BCUT2D eigenvalue weighted by Gasteiger charge is -2.56. The Balaban J connectivity index is 1.56. The Morgan fingerprint density at radius 2 is 1.90 bits per heavy atom. The maximum Gasteiger partial charge on any atom is 0.336 e. The summed E-state index contributed by atoms with van der Waals surface area (Å²) in [5.74, 6) is -4.03. The van der Waals surface area contributed by atoms with Gasteiger partial charge in [-0.3, -0.25) is 19.3 Å². The number of rotatable bonds is 8. The van der Waals surface area contributed by atoms with Gasteiger partial charge in [-0.1, -0.05) is 13.8 Å². The second-order valence-corrected chi connectivity index (χ2v) is 12.9. The first-order valence-corrected chi connectivity index (χ1v) is 15.0. The van der Waals surface area contributed by atoms with Crippen LogP contribution in [0.4, 0.5) is 0 Å². The van der Waals surface area contributed by atoms with Crippen molar-refractivity contribution in [1.82, 2.24) is 9.80 Å². The SMILES string of the molecule is COCC1OC(=O)C(=CN(C)CCCN2CCOCC2)C2C(=O)C(=O)C3=C(C(OC(C)=O)CC4(C)C(O)CCC34)C12C. The lowest BCUT2D eigenvalue weighted by atomic mass is 9.50. The number of carbonyl (C=O) groups excluding carboxylic acids is 4. The minimum Gasteiger partial charge on any atom is -0.458 e. The fourth-order valence-electron chi connectivity index (χ4n) is 8.16. The van der Waals surface area contributed by atoms with Crippen LogP contribution in [0.3, 0.4) is 0 Å². The molecule has 0 aromatic rings. The van der Waals surface area contributed by atoms with Crippen LogP contribution in [0.1, 0.15) is 46.5 Å². The predicted octanol–water partition coefficient (Wildman–Crippen LogP) is 1.28. The number of nitrogens with zero attached hydrogens (tertiary/aromatic N) is 2. The fraction of sp³-hybridized carbons (Fsp3) is 0.742. The second kappa shape index (κ2) is 11.8. The number of aliphatic hydroxyl groups is 1. The van der Waals surface area contributed by atoms with Crippen molar-refractivity contribution in [2.24, 2.45) is 22.7 Å². The summed E-state index contributed by atoms with van der Waals surface area (Å²) >= 11 is 0. The molecule has 7 unspecified atom stereocenters. The first-order valence-electron chi connectivity index (χ1n) is 15.0. The number of carbonyl (C=O) groups is 4. The zero-order valence-electron chi connectivity index (χ0n) is 25.3. The van der Waals surface area contributed by atoms with E-state index in [1.807, 2.05) is 25.8 Å². The maximum atomic E-state index is 14.2. The van der Waals surface area contributed by atoms with Crippen LogP contribution in [0.2, 0.25) is 0 Å². The van der Waals surface area contributed by atoms with Gasteiger partial charge >= 0.3 is 11.9 Å². The summed E-state index contributed by atoms with van der Waals surface area (Å²) in [7, 11) is 3.32. The van der Waals surface area contributed by atoms with Crippen LogP contribution in [-0.4, -0.2) is 117 Å². The van der Waals surface area contributed by atoms with Gasteiger partial charge in [-0.15, -0.1) is 0 Å². The monoisotopic (exact) mass is 588 g/mol. The molecule has 2 heterocycles. The van der Waals surface area contributed by atoms with E-state index in [9.17, 15) is 24.3 Å². The van der Waals surface area contributed by atoms with Crippen molar-refractivity contribution < 1.29 is 43.2 Å². The number of ketones is 2. The number of ether oxygens (including phenoxy) is 4. The Morgan fingerprint density at radius 3 is 2.57 bits per heavy atom. The number of methoxy groups -OCH3 is 1. The molecule has 0 aromatic carbocycles. The van der Waals surface area contributed by atoms with Crippen molar-refractivity contribution in [2.75, 3.05) is 60.2 Å². The summed E-state index contributed by atoms with van der Waals surface area (Å²) < 4.78 is 22.7. The van der Waals surface area contributed by atoms with Crippen molar-refractivity contribution in [3.8, 4) is 0 Å². The number of cyclic esters (lactones) is 1. The molecule has 3 fully saturated rings. The molecule has 42 heavy (non-hydrogen) atoms. The number of morpholine rings is 1. The fourth-order valence-corrected chi connectivity index (χ4v) is 8.16. The van der Waals surface area contributed by atoms with E-state index in [-0.39, 0.29) is 18.1 Å². The molecule has 0 aromatic heterocycles. The van der Waals surface area contributed by atoms with Crippen molar-refractivity contribution in [1.29, 1.82) is 0 Å². The number of Topliss-reactive ketones (excluding diaryl/α,β-unsaturated/α-hetero) is 2. The predicted molar refractivity (Wildman–Crippen MR) is 150 cm³/mol. The quantitative estimate of drug-likeness (QED) is 0.250. The topological polar surface area (TPSA) is 132 Å². The van der Waals surface area contributed by atoms with Gasteiger partial charge in [0.2, 0.25) is 11.6 Å². The van der Waals surface area contributed by atoms with Crippen LogP contribution in [0.15, 0.2) is 22.9 Å². The highest BCUT2D eigenvalue weighted by Gasteiger charge is 2.67. The van der Waals surface area contributed by atoms with Crippen LogP contribution in [0, 0.1) is 22.7 Å². The number of hydrogen-bond donors (Lipinski definition) is 1. The summed E-state index contributed by atoms with van der Waals surface area (Å²) in [4.78, 5) is 58.3. The zero-order chi connectivity index (χ0) is 30.4. The molecule has 5 rings (SSSR count). The molecule has 11 heteroatoms. The van der Waals surface area contributed by atoms with Crippen molar-refractivity contribution in [2.45, 2.75) is 64.8 Å². The smallest absolute Gasteiger partial charge is 0.336 e. The standard InChI is InChI=1S/C31H44N2O9/c1-18(34)41-21-15-30(2)20(7-8-22(30)35)24-26(21)31(3)23(17-39-5)42-29(38)19(25(31)28(37)27(24)36)16-32(4)9-6-10-33-11-13-40-14-12-33/h16,20-23,25,35H,6-15,17H2,1-5H3. The van der Waals surface area contributed by atoms with E-state index in [1.165, 1.54) is 14.0 Å². The molecule has 1 saturated carbocycles. The summed E-state index contributed by atoms with van der Waals surface area (Å²) in [5, 5.41) is 11.0. The van der Waals surface area contributed by atoms with Gasteiger partial charge in [0.05, 0.1) is 37.4 Å². The average Bonchev–Trinajstić information content (AvgIpc) is 3.23. The average molecular weight is 589 g/mol. The molecular weight excluding hydrogens is 544 g/mol. The molecule has 232 valence electrons. The minimum absolute atomic E-state index is 0.00297. The molecule has 3 aliphatic carbocycles. The van der Waals surface area contributed by atoms with Crippen LogP contribution in [0.25, 0.3) is 0 Å². The normalized spacial score (nSPS) is 37.7. The Morgan fingerprint density at radius 1 is 1.19 bits per heavy atom. The van der Waals surface area contributed by atoms with Crippen LogP contribution >= 0.6 is 0 Å². The number of fused-ring (bicyclic) bond motifs is 4. The van der Waals surface area contributed by atoms with Crippen molar-refractivity contribution in [3.05, 3.63) is 22.9 Å². The third kappa shape index (κ3) is 5.12. The van der Waals surface area contributed by atoms with Gasteiger partial charge in [-0.25, -0.2) is 4.79 Å².